The van der Waals surface area contributed by atoms with E-state index in [1.54, 1.807) is 24.3 Å². The van der Waals surface area contributed by atoms with Gasteiger partial charge in [-0.15, -0.1) is 0 Å². The fourth-order valence-electron chi connectivity index (χ4n) is 2.14. The van der Waals surface area contributed by atoms with E-state index in [1.807, 2.05) is 0 Å². The predicted octanol–water partition coefficient (Wildman–Crippen LogP) is 0.391. The predicted molar refractivity (Wildman–Crippen MR) is 60.1 cm³/mol. The fourth-order valence-corrected chi connectivity index (χ4v) is 2.14. The molecule has 0 spiro atoms. The largest absolute Gasteiger partial charge is 0.442 e. The van der Waals surface area contributed by atoms with Crippen molar-refractivity contribution in [1.29, 1.82) is 0 Å². The first-order chi connectivity index (χ1) is 8.66. The van der Waals surface area contributed by atoms with Gasteiger partial charge in [0.05, 0.1) is 24.2 Å². The van der Waals surface area contributed by atoms with E-state index in [4.69, 9.17) is 4.74 Å². The van der Waals surface area contributed by atoms with E-state index in [9.17, 15) is 14.4 Å². The van der Waals surface area contributed by atoms with Gasteiger partial charge in [-0.25, -0.2) is 4.79 Å². The number of nitrogens with zero attached hydrogens (tertiary/aromatic N) is 1. The Bertz CT molecular complexity index is 520. The molecule has 0 unspecified atom stereocenters. The number of hydrogen-bond donors (Lipinski definition) is 1. The number of cyclic esters (lactones) is 1. The molecule has 2 aliphatic rings. The first-order valence-corrected chi connectivity index (χ1v) is 5.56. The van der Waals surface area contributed by atoms with Crippen LogP contribution in [0.25, 0.3) is 0 Å². The summed E-state index contributed by atoms with van der Waals surface area (Å²) in [6.07, 6.45) is -0.990. The van der Waals surface area contributed by atoms with E-state index in [0.29, 0.717) is 17.7 Å². The van der Waals surface area contributed by atoms with Crippen LogP contribution in [-0.4, -0.2) is 42.0 Å². The van der Waals surface area contributed by atoms with Crippen LogP contribution in [0.2, 0.25) is 0 Å². The third-order valence-electron chi connectivity index (χ3n) is 3.01. The monoisotopic (exact) mass is 246 g/mol. The Balaban J connectivity index is 1.82. The Morgan fingerprint density at radius 2 is 1.78 bits per heavy atom. The van der Waals surface area contributed by atoms with Crippen molar-refractivity contribution in [1.82, 2.24) is 10.2 Å². The molecule has 2 aliphatic heterocycles. The van der Waals surface area contributed by atoms with Gasteiger partial charge in [-0.3, -0.25) is 14.5 Å². The second kappa shape index (κ2) is 3.83. The lowest BCUT2D eigenvalue weighted by molar-refractivity contribution is 0.0558. The molecule has 0 aromatic heterocycles. The lowest BCUT2D eigenvalue weighted by atomic mass is 10.1. The Morgan fingerprint density at radius 1 is 1.17 bits per heavy atom. The zero-order valence-corrected chi connectivity index (χ0v) is 9.38. The standard InChI is InChI=1S/C12H10N2O4/c15-10-8-3-1-2-4-9(8)11(16)14(10)6-7-5-13-12(17)18-7/h1-4,7H,5-6H2,(H,13,17)/t7-/m0/s1. The van der Waals surface area contributed by atoms with Crippen LogP contribution in [0.3, 0.4) is 0 Å². The average molecular weight is 246 g/mol. The van der Waals surface area contributed by atoms with Crippen LogP contribution in [0.4, 0.5) is 4.79 Å². The molecule has 0 radical (unpaired) electrons. The number of nitrogens with one attached hydrogen (secondary N) is 1. The second-order valence-corrected chi connectivity index (χ2v) is 4.17. The molecule has 0 bridgehead atoms. The van der Waals surface area contributed by atoms with Crippen LogP contribution in [0.1, 0.15) is 20.7 Å². The second-order valence-electron chi connectivity index (χ2n) is 4.17. The first kappa shape index (κ1) is 10.8. The van der Waals surface area contributed by atoms with Gasteiger partial charge in [0.15, 0.2) is 0 Å². The highest BCUT2D eigenvalue weighted by Crippen LogP contribution is 2.23. The SMILES string of the molecule is O=C1NC[C@@H](CN2C(=O)c3ccccc3C2=O)O1. The minimum absolute atomic E-state index is 0.0884. The summed E-state index contributed by atoms with van der Waals surface area (Å²) < 4.78 is 4.92. The lowest BCUT2D eigenvalue weighted by Crippen LogP contribution is -2.38. The van der Waals surface area contributed by atoms with Crippen molar-refractivity contribution in [2.75, 3.05) is 13.1 Å². The number of carbonyl (C=O) groups excluding carboxylic acids is 3. The van der Waals surface area contributed by atoms with Crippen LogP contribution < -0.4 is 5.32 Å². The zero-order chi connectivity index (χ0) is 12.7. The maximum absolute atomic E-state index is 12.0. The Labute approximate surface area is 103 Å². The quantitative estimate of drug-likeness (QED) is 0.766. The molecule has 1 N–H and O–H groups in total. The number of ether oxygens (including phenoxy) is 1. The van der Waals surface area contributed by atoms with Crippen molar-refractivity contribution in [3.05, 3.63) is 35.4 Å². The Hall–Kier alpha value is -2.37. The first-order valence-electron chi connectivity index (χ1n) is 5.56. The molecular weight excluding hydrogens is 236 g/mol. The molecule has 6 nitrogen and oxygen atoms in total. The van der Waals surface area contributed by atoms with Crippen molar-refractivity contribution in [3.63, 3.8) is 0 Å². The van der Waals surface area contributed by atoms with Gasteiger partial charge in [-0.2, -0.15) is 0 Å². The number of hydrogen-bond acceptors (Lipinski definition) is 4. The number of carbonyl (C=O) groups is 3. The van der Waals surface area contributed by atoms with Crippen molar-refractivity contribution in [3.8, 4) is 0 Å². The van der Waals surface area contributed by atoms with Gasteiger partial charge >= 0.3 is 6.09 Å². The van der Waals surface area contributed by atoms with Gasteiger partial charge < -0.3 is 10.1 Å². The summed E-state index contributed by atoms with van der Waals surface area (Å²) in [4.78, 5) is 36.0. The molecule has 18 heavy (non-hydrogen) atoms. The highest BCUT2D eigenvalue weighted by molar-refractivity contribution is 6.21. The van der Waals surface area contributed by atoms with E-state index in [2.05, 4.69) is 5.32 Å². The topological polar surface area (TPSA) is 75.7 Å². The summed E-state index contributed by atoms with van der Waals surface area (Å²) in [5.74, 6) is -0.669. The smallest absolute Gasteiger partial charge is 0.407 e. The van der Waals surface area contributed by atoms with Gasteiger partial charge in [0.2, 0.25) is 0 Å². The molecule has 6 heteroatoms. The minimum Gasteiger partial charge on any atom is -0.442 e. The van der Waals surface area contributed by atoms with E-state index in [1.165, 1.54) is 0 Å². The molecule has 92 valence electrons. The Morgan fingerprint density at radius 3 is 2.28 bits per heavy atom. The summed E-state index contributed by atoms with van der Waals surface area (Å²) >= 11 is 0. The molecule has 3 rings (SSSR count). The highest BCUT2D eigenvalue weighted by atomic mass is 16.6. The molecule has 0 saturated carbocycles. The third kappa shape index (κ3) is 1.54. The number of fused-ring (bicyclic) bond motifs is 1. The molecule has 1 fully saturated rings. The lowest BCUT2D eigenvalue weighted by Gasteiger charge is -2.16. The van der Waals surface area contributed by atoms with E-state index >= 15 is 0 Å². The summed E-state index contributed by atoms with van der Waals surface area (Å²) in [7, 11) is 0. The summed E-state index contributed by atoms with van der Waals surface area (Å²) in [5.41, 5.74) is 0.805. The van der Waals surface area contributed by atoms with Crippen LogP contribution in [0.15, 0.2) is 24.3 Å². The van der Waals surface area contributed by atoms with Crippen LogP contribution in [0, 0.1) is 0 Å². The maximum Gasteiger partial charge on any atom is 0.407 e. The van der Waals surface area contributed by atoms with Gasteiger partial charge in [0, 0.05) is 0 Å². The van der Waals surface area contributed by atoms with Gasteiger partial charge in [-0.1, -0.05) is 12.1 Å². The summed E-state index contributed by atoms with van der Waals surface area (Å²) in [6, 6.07) is 6.66. The molecule has 1 atom stereocenters. The van der Waals surface area contributed by atoms with Crippen molar-refractivity contribution in [2.24, 2.45) is 0 Å². The van der Waals surface area contributed by atoms with Crippen LogP contribution >= 0.6 is 0 Å². The van der Waals surface area contributed by atoms with Crippen LogP contribution in [-0.2, 0) is 4.74 Å². The number of imide groups is 1. The molecular formula is C12H10N2O4. The zero-order valence-electron chi connectivity index (χ0n) is 9.38. The molecule has 1 aromatic carbocycles. The van der Waals surface area contributed by atoms with Crippen molar-refractivity contribution in [2.45, 2.75) is 6.10 Å². The Kier molecular flexibility index (Phi) is 2.29. The van der Waals surface area contributed by atoms with E-state index in [0.717, 1.165) is 4.90 Å². The van der Waals surface area contributed by atoms with Crippen molar-refractivity contribution >= 4 is 17.9 Å². The van der Waals surface area contributed by atoms with Gasteiger partial charge in [0.1, 0.15) is 6.10 Å². The molecule has 0 aliphatic carbocycles. The summed E-state index contributed by atoms with van der Waals surface area (Å²) in [6.45, 7) is 0.400. The highest BCUT2D eigenvalue weighted by Gasteiger charge is 2.38. The normalized spacial score (nSPS) is 21.9. The number of amides is 3. The molecule has 2 heterocycles. The molecule has 3 amide bonds. The van der Waals surface area contributed by atoms with Crippen LogP contribution in [0.5, 0.6) is 0 Å². The maximum atomic E-state index is 12.0. The fraction of sp³-hybridized carbons (Fsp3) is 0.250. The average Bonchev–Trinajstić information content (AvgIpc) is 2.88. The number of alkyl carbamates (subject to hydrolysis) is 1. The molecule has 1 saturated heterocycles. The third-order valence-corrected chi connectivity index (χ3v) is 3.01. The number of rotatable bonds is 2. The number of benzene rings is 1. The van der Waals surface area contributed by atoms with Crippen molar-refractivity contribution < 1.29 is 19.1 Å². The van der Waals surface area contributed by atoms with Gasteiger partial charge in [0.25, 0.3) is 11.8 Å². The molecule has 1 aromatic rings. The van der Waals surface area contributed by atoms with Gasteiger partial charge in [-0.05, 0) is 12.1 Å². The minimum atomic E-state index is -0.517. The van der Waals surface area contributed by atoms with E-state index in [-0.39, 0.29) is 18.4 Å². The van der Waals surface area contributed by atoms with E-state index < -0.39 is 12.2 Å². The summed E-state index contributed by atoms with van der Waals surface area (Å²) in [5, 5.41) is 2.48.